The summed E-state index contributed by atoms with van der Waals surface area (Å²) in [5.74, 6) is 0.554. The van der Waals surface area contributed by atoms with Gasteiger partial charge in [0, 0.05) is 16.8 Å². The molecule has 0 fully saturated rings. The van der Waals surface area contributed by atoms with Gasteiger partial charge >= 0.3 is 0 Å². The summed E-state index contributed by atoms with van der Waals surface area (Å²) in [6.45, 7) is 3.95. The van der Waals surface area contributed by atoms with Gasteiger partial charge in [-0.1, -0.05) is 24.3 Å². The predicted molar refractivity (Wildman–Crippen MR) is 85.7 cm³/mol. The number of hydrogen-bond acceptors (Lipinski definition) is 3. The SMILES string of the molecule is Cc1cccc(C(=O)Nc2cccc(-c3ncn[nH]3)c2)c1C. The van der Waals surface area contributed by atoms with E-state index in [4.69, 9.17) is 0 Å². The van der Waals surface area contributed by atoms with Crippen LogP contribution in [-0.2, 0) is 0 Å². The molecule has 110 valence electrons. The molecule has 0 aliphatic heterocycles. The highest BCUT2D eigenvalue weighted by Crippen LogP contribution is 2.20. The van der Waals surface area contributed by atoms with Gasteiger partial charge in [-0.2, -0.15) is 5.10 Å². The van der Waals surface area contributed by atoms with Crippen LogP contribution in [0.1, 0.15) is 21.5 Å². The average Bonchev–Trinajstić information content (AvgIpc) is 3.04. The van der Waals surface area contributed by atoms with Gasteiger partial charge in [-0.25, -0.2) is 4.98 Å². The molecule has 1 heterocycles. The number of carbonyl (C=O) groups is 1. The molecule has 3 aromatic rings. The molecule has 0 saturated heterocycles. The molecule has 5 nitrogen and oxygen atoms in total. The first kappa shape index (κ1) is 14.0. The van der Waals surface area contributed by atoms with E-state index in [0.717, 1.165) is 22.4 Å². The van der Waals surface area contributed by atoms with Gasteiger partial charge in [0.05, 0.1) is 0 Å². The van der Waals surface area contributed by atoms with Gasteiger partial charge in [0.2, 0.25) is 0 Å². The largest absolute Gasteiger partial charge is 0.322 e. The fraction of sp³-hybridized carbons (Fsp3) is 0.118. The van der Waals surface area contributed by atoms with E-state index >= 15 is 0 Å². The van der Waals surface area contributed by atoms with E-state index in [2.05, 4.69) is 20.5 Å². The summed E-state index contributed by atoms with van der Waals surface area (Å²) < 4.78 is 0. The molecule has 2 N–H and O–H groups in total. The van der Waals surface area contributed by atoms with Gasteiger partial charge < -0.3 is 5.32 Å². The molecular formula is C17H16N4O. The highest BCUT2D eigenvalue weighted by Gasteiger charge is 2.11. The zero-order valence-electron chi connectivity index (χ0n) is 12.4. The molecule has 0 radical (unpaired) electrons. The van der Waals surface area contributed by atoms with E-state index in [9.17, 15) is 4.79 Å². The summed E-state index contributed by atoms with van der Waals surface area (Å²) in [5.41, 5.74) is 4.37. The highest BCUT2D eigenvalue weighted by atomic mass is 16.1. The second-order valence-corrected chi connectivity index (χ2v) is 5.12. The van der Waals surface area contributed by atoms with Crippen molar-refractivity contribution in [2.24, 2.45) is 0 Å². The molecule has 1 amide bonds. The van der Waals surface area contributed by atoms with Crippen LogP contribution < -0.4 is 5.32 Å². The Morgan fingerprint density at radius 1 is 1.14 bits per heavy atom. The summed E-state index contributed by atoms with van der Waals surface area (Å²) in [7, 11) is 0. The quantitative estimate of drug-likeness (QED) is 0.777. The maximum absolute atomic E-state index is 12.4. The van der Waals surface area contributed by atoms with E-state index in [-0.39, 0.29) is 5.91 Å². The van der Waals surface area contributed by atoms with Crippen LogP contribution in [0.5, 0.6) is 0 Å². The van der Waals surface area contributed by atoms with Crippen LogP contribution in [0.4, 0.5) is 5.69 Å². The van der Waals surface area contributed by atoms with Crippen molar-refractivity contribution in [2.45, 2.75) is 13.8 Å². The van der Waals surface area contributed by atoms with Crippen molar-refractivity contribution in [3.05, 3.63) is 65.5 Å². The Morgan fingerprint density at radius 2 is 1.95 bits per heavy atom. The van der Waals surface area contributed by atoms with Crippen molar-refractivity contribution < 1.29 is 4.79 Å². The highest BCUT2D eigenvalue weighted by molar-refractivity contribution is 6.05. The lowest BCUT2D eigenvalue weighted by atomic mass is 10.0. The predicted octanol–water partition coefficient (Wildman–Crippen LogP) is 3.34. The van der Waals surface area contributed by atoms with Crippen LogP contribution in [0.15, 0.2) is 48.8 Å². The number of amides is 1. The first-order chi connectivity index (χ1) is 10.6. The fourth-order valence-corrected chi connectivity index (χ4v) is 2.28. The number of nitrogens with zero attached hydrogens (tertiary/aromatic N) is 2. The second-order valence-electron chi connectivity index (χ2n) is 5.12. The number of benzene rings is 2. The molecule has 2 aromatic carbocycles. The molecule has 0 unspecified atom stereocenters. The topological polar surface area (TPSA) is 70.7 Å². The molecule has 0 saturated carbocycles. The molecule has 0 bridgehead atoms. The monoisotopic (exact) mass is 292 g/mol. The Kier molecular flexibility index (Phi) is 3.70. The van der Waals surface area contributed by atoms with E-state index < -0.39 is 0 Å². The smallest absolute Gasteiger partial charge is 0.255 e. The standard InChI is InChI=1S/C17H16N4O/c1-11-5-3-8-15(12(11)2)17(22)20-14-7-4-6-13(9-14)16-18-10-19-21-16/h3-10H,1-2H3,(H,20,22)(H,18,19,21). The Morgan fingerprint density at radius 3 is 2.73 bits per heavy atom. The number of carbonyl (C=O) groups excluding carboxylic acids is 1. The van der Waals surface area contributed by atoms with Crippen molar-refractivity contribution in [3.63, 3.8) is 0 Å². The van der Waals surface area contributed by atoms with Gasteiger partial charge in [-0.05, 0) is 43.2 Å². The van der Waals surface area contributed by atoms with Gasteiger partial charge in [-0.15, -0.1) is 0 Å². The maximum Gasteiger partial charge on any atom is 0.255 e. The van der Waals surface area contributed by atoms with Gasteiger partial charge in [0.1, 0.15) is 6.33 Å². The van der Waals surface area contributed by atoms with Gasteiger partial charge in [0.25, 0.3) is 5.91 Å². The van der Waals surface area contributed by atoms with Crippen LogP contribution >= 0.6 is 0 Å². The Labute approximate surface area is 128 Å². The van der Waals surface area contributed by atoms with Gasteiger partial charge in [-0.3, -0.25) is 9.89 Å². The number of aryl methyl sites for hydroxylation is 1. The number of aromatic nitrogens is 3. The minimum atomic E-state index is -0.115. The average molecular weight is 292 g/mol. The summed E-state index contributed by atoms with van der Waals surface area (Å²) in [5, 5.41) is 9.57. The molecule has 3 rings (SSSR count). The molecule has 0 aliphatic carbocycles. The maximum atomic E-state index is 12.4. The van der Waals surface area contributed by atoms with Crippen LogP contribution in [0.25, 0.3) is 11.4 Å². The molecule has 22 heavy (non-hydrogen) atoms. The van der Waals surface area contributed by atoms with Crippen LogP contribution in [-0.4, -0.2) is 21.1 Å². The van der Waals surface area contributed by atoms with Gasteiger partial charge in [0.15, 0.2) is 5.82 Å². The van der Waals surface area contributed by atoms with E-state index in [0.29, 0.717) is 11.4 Å². The molecule has 5 heteroatoms. The van der Waals surface area contributed by atoms with Crippen molar-refractivity contribution in [1.82, 2.24) is 15.2 Å². The summed E-state index contributed by atoms with van der Waals surface area (Å²) in [6, 6.07) is 13.2. The molecular weight excluding hydrogens is 276 g/mol. The number of anilines is 1. The van der Waals surface area contributed by atoms with Crippen LogP contribution in [0, 0.1) is 13.8 Å². The van der Waals surface area contributed by atoms with Crippen molar-refractivity contribution >= 4 is 11.6 Å². The summed E-state index contributed by atoms with van der Waals surface area (Å²) >= 11 is 0. The lowest BCUT2D eigenvalue weighted by molar-refractivity contribution is 0.102. The Hall–Kier alpha value is -2.95. The normalized spacial score (nSPS) is 10.5. The number of aromatic amines is 1. The first-order valence-electron chi connectivity index (χ1n) is 6.98. The van der Waals surface area contributed by atoms with Crippen molar-refractivity contribution in [2.75, 3.05) is 5.32 Å². The van der Waals surface area contributed by atoms with E-state index in [1.165, 1.54) is 6.33 Å². The fourth-order valence-electron chi connectivity index (χ4n) is 2.28. The molecule has 1 aromatic heterocycles. The summed E-state index contributed by atoms with van der Waals surface area (Å²) in [4.78, 5) is 16.5. The Bertz CT molecular complexity index is 809. The zero-order chi connectivity index (χ0) is 15.5. The van der Waals surface area contributed by atoms with Crippen molar-refractivity contribution in [3.8, 4) is 11.4 Å². The third-order valence-electron chi connectivity index (χ3n) is 3.66. The summed E-state index contributed by atoms with van der Waals surface area (Å²) in [6.07, 6.45) is 1.46. The van der Waals surface area contributed by atoms with Crippen molar-refractivity contribution in [1.29, 1.82) is 0 Å². The minimum Gasteiger partial charge on any atom is -0.322 e. The minimum absolute atomic E-state index is 0.115. The first-order valence-corrected chi connectivity index (χ1v) is 6.98. The molecule has 0 spiro atoms. The second kappa shape index (κ2) is 5.81. The zero-order valence-corrected chi connectivity index (χ0v) is 12.4. The lowest BCUT2D eigenvalue weighted by Gasteiger charge is -2.10. The lowest BCUT2D eigenvalue weighted by Crippen LogP contribution is -2.13. The van der Waals surface area contributed by atoms with Crippen LogP contribution in [0.2, 0.25) is 0 Å². The molecule has 0 aliphatic rings. The van der Waals surface area contributed by atoms with E-state index in [1.807, 2.05) is 56.3 Å². The number of hydrogen-bond donors (Lipinski definition) is 2. The number of nitrogens with one attached hydrogen (secondary N) is 2. The number of rotatable bonds is 3. The number of H-pyrrole nitrogens is 1. The molecule has 0 atom stereocenters. The van der Waals surface area contributed by atoms with E-state index in [1.54, 1.807) is 0 Å². The third kappa shape index (κ3) is 2.74. The Balaban J connectivity index is 1.86. The van der Waals surface area contributed by atoms with Crippen LogP contribution in [0.3, 0.4) is 0 Å². The third-order valence-corrected chi connectivity index (χ3v) is 3.66.